The molecule has 7 nitrogen and oxygen atoms in total. The predicted octanol–water partition coefficient (Wildman–Crippen LogP) is 6.65. The van der Waals surface area contributed by atoms with Crippen LogP contribution in [0.5, 0.6) is 5.75 Å². The number of hydrazone groups is 1. The lowest BCUT2D eigenvalue weighted by Crippen LogP contribution is -2.18. The molecule has 0 heterocycles. The smallest absolute Gasteiger partial charge is 0.343 e. The molecule has 0 fully saturated rings. The zero-order valence-electron chi connectivity index (χ0n) is 20.1. The average Bonchev–Trinajstić information content (AvgIpc) is 2.91. The van der Waals surface area contributed by atoms with Crippen molar-refractivity contribution in [3.8, 4) is 5.75 Å². The highest BCUT2D eigenvalue weighted by molar-refractivity contribution is 9.10. The van der Waals surface area contributed by atoms with Crippen LogP contribution in [0.3, 0.4) is 0 Å². The zero-order chi connectivity index (χ0) is 27.1. The molecule has 0 aliphatic carbocycles. The van der Waals surface area contributed by atoms with E-state index < -0.39 is 11.9 Å². The van der Waals surface area contributed by atoms with E-state index in [4.69, 9.17) is 16.3 Å². The molecule has 4 aromatic carbocycles. The molecule has 4 aromatic rings. The van der Waals surface area contributed by atoms with Gasteiger partial charge in [-0.05, 0) is 79.7 Å². The van der Waals surface area contributed by atoms with Crippen molar-refractivity contribution in [3.63, 3.8) is 0 Å². The van der Waals surface area contributed by atoms with E-state index in [2.05, 4.69) is 31.8 Å². The van der Waals surface area contributed by atoms with Gasteiger partial charge >= 0.3 is 5.97 Å². The Labute approximate surface area is 232 Å². The molecule has 0 atom stereocenters. The summed E-state index contributed by atoms with van der Waals surface area (Å²) in [6.45, 7) is 1.94. The monoisotopic (exact) mass is 589 g/mol. The standard InChI is InChI=1S/C29H21BrClN3O4/c1-18-5-7-19(8-6-18)27(35)33-25-4-2-3-21(16-25)28(36)34-32-17-22-15-23(30)11-14-26(22)38-29(37)20-9-12-24(31)13-10-20/h2-17H,1H3,(H,33,35)(H,34,36). The lowest BCUT2D eigenvalue weighted by molar-refractivity contribution is 0.0734. The highest BCUT2D eigenvalue weighted by Gasteiger charge is 2.13. The number of aryl methyl sites for hydroxylation is 1. The summed E-state index contributed by atoms with van der Waals surface area (Å²) in [4.78, 5) is 37.7. The summed E-state index contributed by atoms with van der Waals surface area (Å²) in [5.74, 6) is -1.07. The van der Waals surface area contributed by atoms with E-state index in [1.54, 1.807) is 78.9 Å². The Morgan fingerprint density at radius 2 is 1.55 bits per heavy atom. The second kappa shape index (κ2) is 12.3. The van der Waals surface area contributed by atoms with Crippen LogP contribution in [0, 0.1) is 6.92 Å². The fourth-order valence-electron chi connectivity index (χ4n) is 3.33. The molecule has 38 heavy (non-hydrogen) atoms. The number of carbonyl (C=O) groups excluding carboxylic acids is 3. The van der Waals surface area contributed by atoms with Crippen molar-refractivity contribution in [2.45, 2.75) is 6.92 Å². The van der Waals surface area contributed by atoms with Gasteiger partial charge in [-0.3, -0.25) is 9.59 Å². The maximum Gasteiger partial charge on any atom is 0.343 e. The maximum absolute atomic E-state index is 12.7. The minimum Gasteiger partial charge on any atom is -0.422 e. The van der Waals surface area contributed by atoms with Crippen LogP contribution in [-0.2, 0) is 0 Å². The number of amides is 2. The highest BCUT2D eigenvalue weighted by atomic mass is 79.9. The van der Waals surface area contributed by atoms with Gasteiger partial charge in [-0.15, -0.1) is 0 Å². The number of anilines is 1. The summed E-state index contributed by atoms with van der Waals surface area (Å²) in [6.07, 6.45) is 1.37. The quantitative estimate of drug-likeness (QED) is 0.109. The van der Waals surface area contributed by atoms with Crippen molar-refractivity contribution in [3.05, 3.63) is 128 Å². The van der Waals surface area contributed by atoms with Crippen LogP contribution < -0.4 is 15.5 Å². The van der Waals surface area contributed by atoms with E-state index in [0.717, 1.165) is 10.0 Å². The molecule has 2 amide bonds. The molecule has 0 aromatic heterocycles. The molecule has 0 saturated heterocycles. The zero-order valence-corrected chi connectivity index (χ0v) is 22.4. The van der Waals surface area contributed by atoms with Crippen molar-refractivity contribution in [1.82, 2.24) is 5.43 Å². The van der Waals surface area contributed by atoms with Crippen LogP contribution >= 0.6 is 27.5 Å². The van der Waals surface area contributed by atoms with Crippen LogP contribution in [0.25, 0.3) is 0 Å². The van der Waals surface area contributed by atoms with Gasteiger partial charge in [0.05, 0.1) is 11.8 Å². The topological polar surface area (TPSA) is 96.9 Å². The van der Waals surface area contributed by atoms with E-state index in [9.17, 15) is 14.4 Å². The molecule has 0 aliphatic rings. The summed E-state index contributed by atoms with van der Waals surface area (Å²) in [7, 11) is 0. The normalized spacial score (nSPS) is 10.7. The molecule has 0 spiro atoms. The minimum absolute atomic E-state index is 0.256. The van der Waals surface area contributed by atoms with Gasteiger partial charge in [0.1, 0.15) is 5.75 Å². The molecular formula is C29H21BrClN3O4. The van der Waals surface area contributed by atoms with E-state index >= 15 is 0 Å². The molecule has 2 N–H and O–H groups in total. The summed E-state index contributed by atoms with van der Waals surface area (Å²) < 4.78 is 6.25. The van der Waals surface area contributed by atoms with Crippen molar-refractivity contribution in [2.75, 3.05) is 5.32 Å². The Hall–Kier alpha value is -4.27. The first-order chi connectivity index (χ1) is 18.3. The van der Waals surface area contributed by atoms with Gasteiger partial charge in [0, 0.05) is 31.9 Å². The summed E-state index contributed by atoms with van der Waals surface area (Å²) in [5.41, 5.74) is 5.58. The van der Waals surface area contributed by atoms with Crippen molar-refractivity contribution >= 4 is 57.2 Å². The van der Waals surface area contributed by atoms with E-state index in [1.165, 1.54) is 6.21 Å². The number of ether oxygens (including phenoxy) is 1. The van der Waals surface area contributed by atoms with Crippen LogP contribution in [-0.4, -0.2) is 24.0 Å². The van der Waals surface area contributed by atoms with Gasteiger partial charge in [0.15, 0.2) is 0 Å². The Bertz CT molecular complexity index is 1520. The molecule has 0 bridgehead atoms. The number of esters is 1. The number of benzene rings is 4. The molecule has 0 unspecified atom stereocenters. The highest BCUT2D eigenvalue weighted by Crippen LogP contribution is 2.23. The SMILES string of the molecule is Cc1ccc(C(=O)Nc2cccc(C(=O)NN=Cc3cc(Br)ccc3OC(=O)c3ccc(Cl)cc3)c2)cc1. The number of rotatable bonds is 7. The van der Waals surface area contributed by atoms with Crippen LogP contribution in [0.1, 0.15) is 42.2 Å². The van der Waals surface area contributed by atoms with Crippen molar-refractivity contribution in [2.24, 2.45) is 5.10 Å². The van der Waals surface area contributed by atoms with Gasteiger partial charge in [-0.2, -0.15) is 5.10 Å². The Kier molecular flexibility index (Phi) is 8.68. The molecule has 0 aliphatic heterocycles. The predicted molar refractivity (Wildman–Crippen MR) is 151 cm³/mol. The lowest BCUT2D eigenvalue weighted by atomic mass is 10.1. The first-order valence-corrected chi connectivity index (χ1v) is 12.5. The van der Waals surface area contributed by atoms with Crippen LogP contribution in [0.4, 0.5) is 5.69 Å². The largest absolute Gasteiger partial charge is 0.422 e. The van der Waals surface area contributed by atoms with Crippen LogP contribution in [0.2, 0.25) is 5.02 Å². The number of halogens is 2. The molecule has 4 rings (SSSR count). The fourth-order valence-corrected chi connectivity index (χ4v) is 3.83. The Morgan fingerprint density at radius 1 is 0.842 bits per heavy atom. The third kappa shape index (κ3) is 7.15. The average molecular weight is 591 g/mol. The third-order valence-electron chi connectivity index (χ3n) is 5.32. The number of carbonyl (C=O) groups is 3. The van der Waals surface area contributed by atoms with Gasteiger partial charge in [-0.25, -0.2) is 10.2 Å². The lowest BCUT2D eigenvalue weighted by Gasteiger charge is -2.09. The Balaban J connectivity index is 1.42. The van der Waals surface area contributed by atoms with E-state index in [-0.39, 0.29) is 11.7 Å². The summed E-state index contributed by atoms with van der Waals surface area (Å²) in [6, 6.07) is 25.0. The molecule has 0 saturated carbocycles. The number of nitrogens with one attached hydrogen (secondary N) is 2. The van der Waals surface area contributed by atoms with E-state index in [1.807, 2.05) is 19.1 Å². The molecule has 190 valence electrons. The van der Waals surface area contributed by atoms with Crippen molar-refractivity contribution in [1.29, 1.82) is 0 Å². The van der Waals surface area contributed by atoms with E-state index in [0.29, 0.717) is 33.0 Å². The first-order valence-electron chi connectivity index (χ1n) is 11.4. The number of hydrogen-bond acceptors (Lipinski definition) is 5. The molecule has 0 radical (unpaired) electrons. The first kappa shape index (κ1) is 26.8. The third-order valence-corrected chi connectivity index (χ3v) is 6.07. The van der Waals surface area contributed by atoms with Gasteiger partial charge in [0.2, 0.25) is 0 Å². The molecular weight excluding hydrogens is 570 g/mol. The molecule has 9 heteroatoms. The summed E-state index contributed by atoms with van der Waals surface area (Å²) >= 11 is 9.26. The second-order valence-electron chi connectivity index (χ2n) is 8.18. The van der Waals surface area contributed by atoms with Gasteiger partial charge < -0.3 is 10.1 Å². The van der Waals surface area contributed by atoms with Gasteiger partial charge in [0.25, 0.3) is 11.8 Å². The van der Waals surface area contributed by atoms with Crippen molar-refractivity contribution < 1.29 is 19.1 Å². The number of nitrogens with zero attached hydrogens (tertiary/aromatic N) is 1. The Morgan fingerprint density at radius 3 is 2.29 bits per heavy atom. The van der Waals surface area contributed by atoms with Gasteiger partial charge in [-0.1, -0.05) is 51.3 Å². The second-order valence-corrected chi connectivity index (χ2v) is 9.53. The fraction of sp³-hybridized carbons (Fsp3) is 0.0345. The van der Waals surface area contributed by atoms with Crippen LogP contribution in [0.15, 0.2) is 101 Å². The number of hydrogen-bond donors (Lipinski definition) is 2. The minimum atomic E-state index is -0.563. The summed E-state index contributed by atoms with van der Waals surface area (Å²) in [5, 5.41) is 7.31. The maximum atomic E-state index is 12.7.